The number of amides is 1. The van der Waals surface area contributed by atoms with E-state index in [0.29, 0.717) is 12.3 Å². The summed E-state index contributed by atoms with van der Waals surface area (Å²) >= 11 is 3.13. The third kappa shape index (κ3) is 5.17. The maximum atomic E-state index is 12.1. The molecule has 146 valence electrons. The number of thiophene rings is 1. The van der Waals surface area contributed by atoms with Crippen LogP contribution in [0.3, 0.4) is 0 Å². The molecule has 0 atom stereocenters. The Morgan fingerprint density at radius 2 is 1.96 bits per heavy atom. The number of anilines is 1. The second-order valence-electron chi connectivity index (χ2n) is 7.15. The normalized spacial score (nSPS) is 14.9. The molecule has 3 heterocycles. The van der Waals surface area contributed by atoms with Crippen LogP contribution in [0.1, 0.15) is 29.1 Å². The number of carbonyl (C=O) groups is 1. The Balaban J connectivity index is 1.21. The summed E-state index contributed by atoms with van der Waals surface area (Å²) in [6.07, 6.45) is 3.43. The Bertz CT molecular complexity index is 871. The number of hydrogen-bond acceptors (Lipinski definition) is 6. The standard InChI is InChI=1S/C21H24N4OS2/c26-20(14-18-7-4-12-27-18)22-15-17-8-10-25(11-9-17)21-23-19(24-28-21)13-16-5-2-1-3-6-16/h1-7,12,17H,8-11,13-15H2,(H,22,26). The molecule has 1 saturated heterocycles. The van der Waals surface area contributed by atoms with E-state index in [4.69, 9.17) is 4.98 Å². The third-order valence-corrected chi connectivity index (χ3v) is 6.74. The first kappa shape index (κ1) is 19.1. The molecule has 7 heteroatoms. The number of carbonyl (C=O) groups excluding carboxylic acids is 1. The molecule has 1 amide bonds. The highest BCUT2D eigenvalue weighted by Gasteiger charge is 2.22. The number of nitrogens with zero attached hydrogens (tertiary/aromatic N) is 3. The SMILES string of the molecule is O=C(Cc1cccs1)NCC1CCN(c2nc(Cc3ccccc3)ns2)CC1. The molecule has 3 aromatic rings. The highest BCUT2D eigenvalue weighted by atomic mass is 32.1. The molecular formula is C21H24N4OS2. The van der Waals surface area contributed by atoms with Gasteiger partial charge in [-0.15, -0.1) is 11.3 Å². The average molecular weight is 413 g/mol. The fourth-order valence-electron chi connectivity index (χ4n) is 3.44. The zero-order chi connectivity index (χ0) is 19.2. The molecule has 0 aliphatic carbocycles. The summed E-state index contributed by atoms with van der Waals surface area (Å²) in [6.45, 7) is 2.73. The lowest BCUT2D eigenvalue weighted by Gasteiger charge is -2.31. The third-order valence-electron chi connectivity index (χ3n) is 5.05. The van der Waals surface area contributed by atoms with Crippen molar-refractivity contribution in [2.24, 2.45) is 5.92 Å². The van der Waals surface area contributed by atoms with E-state index in [0.717, 1.165) is 54.7 Å². The van der Waals surface area contributed by atoms with E-state index in [1.165, 1.54) is 17.1 Å². The summed E-state index contributed by atoms with van der Waals surface area (Å²) in [5, 5.41) is 6.13. The lowest BCUT2D eigenvalue weighted by Crippen LogP contribution is -2.39. The van der Waals surface area contributed by atoms with Crippen LogP contribution >= 0.6 is 22.9 Å². The monoisotopic (exact) mass is 412 g/mol. The maximum absolute atomic E-state index is 12.1. The van der Waals surface area contributed by atoms with Crippen LogP contribution in [-0.2, 0) is 17.6 Å². The van der Waals surface area contributed by atoms with Crippen molar-refractivity contribution in [1.29, 1.82) is 0 Å². The van der Waals surface area contributed by atoms with E-state index in [-0.39, 0.29) is 5.91 Å². The Hall–Kier alpha value is -2.25. The predicted octanol–water partition coefficient (Wildman–Crippen LogP) is 3.77. The summed E-state index contributed by atoms with van der Waals surface area (Å²) in [5.41, 5.74) is 1.24. The molecular weight excluding hydrogens is 388 g/mol. The Labute approximate surface area is 173 Å². The van der Waals surface area contributed by atoms with Crippen LogP contribution in [0, 0.1) is 5.92 Å². The van der Waals surface area contributed by atoms with E-state index in [1.54, 1.807) is 11.3 Å². The van der Waals surface area contributed by atoms with E-state index in [9.17, 15) is 4.79 Å². The molecule has 0 saturated carbocycles. The van der Waals surface area contributed by atoms with Crippen LogP contribution in [0.4, 0.5) is 5.13 Å². The minimum absolute atomic E-state index is 0.125. The number of aromatic nitrogens is 2. The van der Waals surface area contributed by atoms with Gasteiger partial charge in [-0.1, -0.05) is 36.4 Å². The topological polar surface area (TPSA) is 58.1 Å². The smallest absolute Gasteiger partial charge is 0.225 e. The summed E-state index contributed by atoms with van der Waals surface area (Å²) in [6, 6.07) is 14.3. The molecule has 1 aliphatic rings. The summed E-state index contributed by atoms with van der Waals surface area (Å²) in [4.78, 5) is 20.2. The van der Waals surface area contributed by atoms with Crippen LogP contribution < -0.4 is 10.2 Å². The summed E-state index contributed by atoms with van der Waals surface area (Å²) in [5.74, 6) is 1.56. The van der Waals surface area contributed by atoms with Crippen molar-refractivity contribution < 1.29 is 4.79 Å². The van der Waals surface area contributed by atoms with Gasteiger partial charge < -0.3 is 10.2 Å². The highest BCUT2D eigenvalue weighted by Crippen LogP contribution is 2.25. The van der Waals surface area contributed by atoms with Crippen molar-refractivity contribution in [2.75, 3.05) is 24.5 Å². The number of hydrogen-bond donors (Lipinski definition) is 1. The first-order chi connectivity index (χ1) is 13.8. The van der Waals surface area contributed by atoms with Gasteiger partial charge in [-0.3, -0.25) is 4.79 Å². The number of piperidine rings is 1. The van der Waals surface area contributed by atoms with E-state index >= 15 is 0 Å². The fourth-order valence-corrected chi connectivity index (χ4v) is 4.88. The first-order valence-corrected chi connectivity index (χ1v) is 11.3. The van der Waals surface area contributed by atoms with Gasteiger partial charge in [-0.25, -0.2) is 4.98 Å². The second kappa shape index (κ2) is 9.30. The van der Waals surface area contributed by atoms with Gasteiger partial charge in [0, 0.05) is 42.5 Å². The van der Waals surface area contributed by atoms with Gasteiger partial charge in [0.1, 0.15) is 5.82 Å². The molecule has 4 rings (SSSR count). The lowest BCUT2D eigenvalue weighted by atomic mass is 9.97. The largest absolute Gasteiger partial charge is 0.356 e. The number of nitrogens with one attached hydrogen (secondary N) is 1. The van der Waals surface area contributed by atoms with Crippen LogP contribution in [0.5, 0.6) is 0 Å². The van der Waals surface area contributed by atoms with Gasteiger partial charge in [0.05, 0.1) is 6.42 Å². The van der Waals surface area contributed by atoms with Crippen molar-refractivity contribution in [3.05, 3.63) is 64.1 Å². The zero-order valence-corrected chi connectivity index (χ0v) is 17.3. The van der Waals surface area contributed by atoms with Gasteiger partial charge in [0.2, 0.25) is 11.0 Å². The van der Waals surface area contributed by atoms with Crippen molar-refractivity contribution in [3.8, 4) is 0 Å². The molecule has 2 aromatic heterocycles. The van der Waals surface area contributed by atoms with Gasteiger partial charge >= 0.3 is 0 Å². The van der Waals surface area contributed by atoms with Gasteiger partial charge in [0.15, 0.2) is 0 Å². The molecule has 5 nitrogen and oxygen atoms in total. The predicted molar refractivity (Wildman–Crippen MR) is 115 cm³/mol. The van der Waals surface area contributed by atoms with Crippen LogP contribution in [0.25, 0.3) is 0 Å². The molecule has 1 aromatic carbocycles. The number of benzene rings is 1. The lowest BCUT2D eigenvalue weighted by molar-refractivity contribution is -0.120. The van der Waals surface area contributed by atoms with Gasteiger partial charge in [-0.05, 0) is 35.8 Å². The first-order valence-electron chi connectivity index (χ1n) is 9.67. The van der Waals surface area contributed by atoms with E-state index in [2.05, 4.69) is 26.7 Å². The van der Waals surface area contributed by atoms with Crippen LogP contribution in [-0.4, -0.2) is 34.9 Å². The molecule has 0 unspecified atom stereocenters. The van der Waals surface area contributed by atoms with Crippen molar-refractivity contribution in [2.45, 2.75) is 25.7 Å². The van der Waals surface area contributed by atoms with Crippen LogP contribution in [0.2, 0.25) is 0 Å². The average Bonchev–Trinajstić information content (AvgIpc) is 3.40. The minimum Gasteiger partial charge on any atom is -0.356 e. The van der Waals surface area contributed by atoms with Gasteiger partial charge in [-0.2, -0.15) is 4.37 Å². The quantitative estimate of drug-likeness (QED) is 0.642. The summed E-state index contributed by atoms with van der Waals surface area (Å²) in [7, 11) is 0. The Morgan fingerprint density at radius 3 is 2.71 bits per heavy atom. The highest BCUT2D eigenvalue weighted by molar-refractivity contribution is 7.10. The molecule has 28 heavy (non-hydrogen) atoms. The fraction of sp³-hybridized carbons (Fsp3) is 0.381. The molecule has 1 fully saturated rings. The van der Waals surface area contributed by atoms with Gasteiger partial charge in [0.25, 0.3) is 0 Å². The maximum Gasteiger partial charge on any atom is 0.225 e. The molecule has 1 N–H and O–H groups in total. The number of rotatable bonds is 7. The van der Waals surface area contributed by atoms with E-state index < -0.39 is 0 Å². The minimum atomic E-state index is 0.125. The van der Waals surface area contributed by atoms with E-state index in [1.807, 2.05) is 35.7 Å². The Morgan fingerprint density at radius 1 is 1.14 bits per heavy atom. The van der Waals surface area contributed by atoms with Crippen molar-refractivity contribution in [1.82, 2.24) is 14.7 Å². The molecule has 1 aliphatic heterocycles. The Kier molecular flexibility index (Phi) is 6.34. The molecule has 0 radical (unpaired) electrons. The zero-order valence-electron chi connectivity index (χ0n) is 15.7. The van der Waals surface area contributed by atoms with Crippen LogP contribution in [0.15, 0.2) is 47.8 Å². The second-order valence-corrected chi connectivity index (χ2v) is 8.91. The van der Waals surface area contributed by atoms with Crippen molar-refractivity contribution in [3.63, 3.8) is 0 Å². The summed E-state index contributed by atoms with van der Waals surface area (Å²) < 4.78 is 4.53. The molecule has 0 spiro atoms. The van der Waals surface area contributed by atoms with Crippen molar-refractivity contribution >= 4 is 33.9 Å². The molecule has 0 bridgehead atoms.